The van der Waals surface area contributed by atoms with E-state index in [1.165, 1.54) is 32.1 Å². The Morgan fingerprint density at radius 2 is 1.94 bits per heavy atom. The second-order valence-corrected chi connectivity index (χ2v) is 6.30. The maximum absolute atomic E-state index is 12.3. The van der Waals surface area contributed by atoms with Crippen LogP contribution in [0.1, 0.15) is 51.9 Å². The van der Waals surface area contributed by atoms with Crippen LogP contribution in [0, 0.1) is 11.8 Å². The van der Waals surface area contributed by atoms with Gasteiger partial charge in [0.2, 0.25) is 5.91 Å². The molecule has 0 spiro atoms. The van der Waals surface area contributed by atoms with Crippen molar-refractivity contribution in [1.82, 2.24) is 10.2 Å². The number of piperidine rings is 1. The number of nitrogens with zero attached hydrogens (tertiary/aromatic N) is 1. The number of nitrogens with one attached hydrogen (secondary N) is 1. The molecule has 1 aliphatic heterocycles. The lowest BCUT2D eigenvalue weighted by Crippen LogP contribution is -2.47. The molecule has 18 heavy (non-hydrogen) atoms. The Balaban J connectivity index is 1.77. The number of hydrogen-bond acceptors (Lipinski definition) is 2. The molecule has 1 aliphatic carbocycles. The summed E-state index contributed by atoms with van der Waals surface area (Å²) in [5, 5.41) is 3.30. The van der Waals surface area contributed by atoms with Crippen LogP contribution in [0.25, 0.3) is 0 Å². The minimum absolute atomic E-state index is 0.398. The van der Waals surface area contributed by atoms with Crippen molar-refractivity contribution in [2.45, 2.75) is 57.9 Å². The Labute approximate surface area is 111 Å². The third-order valence-corrected chi connectivity index (χ3v) is 4.78. The molecular weight excluding hydrogens is 224 g/mol. The van der Waals surface area contributed by atoms with E-state index in [1.54, 1.807) is 0 Å². The van der Waals surface area contributed by atoms with Crippen molar-refractivity contribution < 1.29 is 4.79 Å². The number of hydrogen-bond donors (Lipinski definition) is 1. The molecule has 3 heteroatoms. The molecule has 0 bridgehead atoms. The summed E-state index contributed by atoms with van der Waals surface area (Å²) in [6.07, 6.45) is 8.31. The number of amides is 1. The maximum atomic E-state index is 12.3. The highest BCUT2D eigenvalue weighted by atomic mass is 16.2. The largest absolute Gasteiger partial charge is 0.341 e. The summed E-state index contributed by atoms with van der Waals surface area (Å²) in [6, 6.07) is 0.508. The predicted octanol–water partition coefficient (Wildman–Crippen LogP) is 2.41. The lowest BCUT2D eigenvalue weighted by Gasteiger charge is -2.34. The van der Waals surface area contributed by atoms with E-state index in [0.29, 0.717) is 17.9 Å². The van der Waals surface area contributed by atoms with Gasteiger partial charge >= 0.3 is 0 Å². The number of carbonyl (C=O) groups is 1. The molecule has 2 fully saturated rings. The van der Waals surface area contributed by atoms with E-state index in [-0.39, 0.29) is 0 Å². The molecule has 1 saturated heterocycles. The molecule has 2 rings (SSSR count). The summed E-state index contributed by atoms with van der Waals surface area (Å²) in [6.45, 7) is 4.22. The SMILES string of the molecule is CNC1CCCN(C(=O)CC2CCC(C)CC2)C1. The van der Waals surface area contributed by atoms with E-state index in [0.717, 1.165) is 31.8 Å². The van der Waals surface area contributed by atoms with Gasteiger partial charge in [0.25, 0.3) is 0 Å². The fourth-order valence-corrected chi connectivity index (χ4v) is 3.35. The Kier molecular flexibility index (Phi) is 5.04. The second kappa shape index (κ2) is 6.55. The fourth-order valence-electron chi connectivity index (χ4n) is 3.35. The summed E-state index contributed by atoms with van der Waals surface area (Å²) in [4.78, 5) is 14.4. The van der Waals surface area contributed by atoms with Gasteiger partial charge in [-0.1, -0.05) is 19.8 Å². The lowest BCUT2D eigenvalue weighted by molar-refractivity contribution is -0.133. The molecule has 3 nitrogen and oxygen atoms in total. The summed E-state index contributed by atoms with van der Waals surface area (Å²) < 4.78 is 0. The standard InChI is InChI=1S/C15H28N2O/c1-12-5-7-13(8-6-12)10-15(18)17-9-3-4-14(11-17)16-2/h12-14,16H,3-11H2,1-2H3. The van der Waals surface area contributed by atoms with Gasteiger partial charge in [-0.25, -0.2) is 0 Å². The number of carbonyl (C=O) groups excluding carboxylic acids is 1. The van der Waals surface area contributed by atoms with Gasteiger partial charge in [-0.2, -0.15) is 0 Å². The zero-order valence-corrected chi connectivity index (χ0v) is 12.0. The second-order valence-electron chi connectivity index (χ2n) is 6.30. The smallest absolute Gasteiger partial charge is 0.222 e. The van der Waals surface area contributed by atoms with Gasteiger partial charge in [-0.3, -0.25) is 4.79 Å². The average Bonchev–Trinajstić information content (AvgIpc) is 2.41. The van der Waals surface area contributed by atoms with Gasteiger partial charge in [0.05, 0.1) is 0 Å². The van der Waals surface area contributed by atoms with Crippen LogP contribution >= 0.6 is 0 Å². The van der Waals surface area contributed by atoms with Crippen LogP contribution in [0.4, 0.5) is 0 Å². The average molecular weight is 252 g/mol. The van der Waals surface area contributed by atoms with Crippen LogP contribution in [-0.2, 0) is 4.79 Å². The van der Waals surface area contributed by atoms with Crippen LogP contribution < -0.4 is 5.32 Å². The summed E-state index contributed by atoms with van der Waals surface area (Å²) >= 11 is 0. The monoisotopic (exact) mass is 252 g/mol. The third-order valence-electron chi connectivity index (χ3n) is 4.78. The highest BCUT2D eigenvalue weighted by molar-refractivity contribution is 5.76. The molecule has 104 valence electrons. The van der Waals surface area contributed by atoms with Gasteiger partial charge in [-0.05, 0) is 44.6 Å². The molecule has 0 aromatic heterocycles. The molecule has 0 aromatic rings. The van der Waals surface area contributed by atoms with Crippen LogP contribution in [0.2, 0.25) is 0 Å². The fraction of sp³-hybridized carbons (Fsp3) is 0.933. The van der Waals surface area contributed by atoms with Gasteiger partial charge in [0.1, 0.15) is 0 Å². The van der Waals surface area contributed by atoms with E-state index in [2.05, 4.69) is 17.1 Å². The summed E-state index contributed by atoms with van der Waals surface area (Å²) in [5.41, 5.74) is 0. The molecule has 1 amide bonds. The van der Waals surface area contributed by atoms with Crippen molar-refractivity contribution in [2.24, 2.45) is 11.8 Å². The molecule has 1 saturated carbocycles. The van der Waals surface area contributed by atoms with Crippen molar-refractivity contribution in [3.05, 3.63) is 0 Å². The van der Waals surface area contributed by atoms with Gasteiger partial charge < -0.3 is 10.2 Å². The van der Waals surface area contributed by atoms with Crippen LogP contribution in [0.3, 0.4) is 0 Å². The van der Waals surface area contributed by atoms with E-state index >= 15 is 0 Å². The maximum Gasteiger partial charge on any atom is 0.222 e. The Bertz CT molecular complexity index is 272. The van der Waals surface area contributed by atoms with Crippen LogP contribution in [0.5, 0.6) is 0 Å². The first kappa shape index (κ1) is 13.9. The highest BCUT2D eigenvalue weighted by Gasteiger charge is 2.26. The van der Waals surface area contributed by atoms with E-state index < -0.39 is 0 Å². The molecule has 0 radical (unpaired) electrons. The van der Waals surface area contributed by atoms with Crippen LogP contribution in [-0.4, -0.2) is 37.0 Å². The minimum atomic E-state index is 0.398. The lowest BCUT2D eigenvalue weighted by atomic mass is 9.81. The number of likely N-dealkylation sites (N-methyl/N-ethyl adjacent to an activating group) is 1. The van der Waals surface area contributed by atoms with Crippen molar-refractivity contribution in [3.8, 4) is 0 Å². The molecule has 1 N–H and O–H groups in total. The highest BCUT2D eigenvalue weighted by Crippen LogP contribution is 2.31. The zero-order chi connectivity index (χ0) is 13.0. The normalized spacial score (nSPS) is 33.4. The third kappa shape index (κ3) is 3.71. The number of rotatable bonds is 3. The van der Waals surface area contributed by atoms with Gasteiger partial charge in [-0.15, -0.1) is 0 Å². The van der Waals surface area contributed by atoms with E-state index in [1.807, 2.05) is 7.05 Å². The van der Waals surface area contributed by atoms with Crippen LogP contribution in [0.15, 0.2) is 0 Å². The molecule has 1 atom stereocenters. The van der Waals surface area contributed by atoms with Crippen molar-refractivity contribution in [3.63, 3.8) is 0 Å². The Morgan fingerprint density at radius 1 is 1.22 bits per heavy atom. The Morgan fingerprint density at radius 3 is 2.61 bits per heavy atom. The first-order chi connectivity index (χ1) is 8.69. The first-order valence-electron chi connectivity index (χ1n) is 7.64. The molecule has 2 aliphatic rings. The van der Waals surface area contributed by atoms with Gasteiger partial charge in [0, 0.05) is 25.6 Å². The number of likely N-dealkylation sites (tertiary alicyclic amines) is 1. The van der Waals surface area contributed by atoms with Crippen molar-refractivity contribution in [1.29, 1.82) is 0 Å². The predicted molar refractivity (Wildman–Crippen MR) is 74.4 cm³/mol. The molecule has 1 unspecified atom stereocenters. The molecule has 0 aromatic carbocycles. The molecule has 1 heterocycles. The van der Waals surface area contributed by atoms with Crippen molar-refractivity contribution in [2.75, 3.05) is 20.1 Å². The van der Waals surface area contributed by atoms with Gasteiger partial charge in [0.15, 0.2) is 0 Å². The van der Waals surface area contributed by atoms with Crippen molar-refractivity contribution >= 4 is 5.91 Å². The first-order valence-corrected chi connectivity index (χ1v) is 7.64. The topological polar surface area (TPSA) is 32.3 Å². The Hall–Kier alpha value is -0.570. The molecular formula is C15H28N2O. The quantitative estimate of drug-likeness (QED) is 0.836. The van der Waals surface area contributed by atoms with E-state index in [9.17, 15) is 4.79 Å². The summed E-state index contributed by atoms with van der Waals surface area (Å²) in [7, 11) is 2.00. The van der Waals surface area contributed by atoms with E-state index in [4.69, 9.17) is 0 Å². The summed E-state index contributed by atoms with van der Waals surface area (Å²) in [5.74, 6) is 1.93. The zero-order valence-electron chi connectivity index (χ0n) is 12.0. The minimum Gasteiger partial charge on any atom is -0.341 e.